The first-order valence-corrected chi connectivity index (χ1v) is 4.82. The van der Waals surface area contributed by atoms with Gasteiger partial charge in [0.1, 0.15) is 0 Å². The molecule has 0 aliphatic heterocycles. The van der Waals surface area contributed by atoms with E-state index in [1.807, 2.05) is 42.1 Å². The van der Waals surface area contributed by atoms with Crippen LogP contribution < -0.4 is 11.1 Å². The highest BCUT2D eigenvalue weighted by atomic mass is 15.3. The van der Waals surface area contributed by atoms with Crippen molar-refractivity contribution in [1.82, 2.24) is 9.78 Å². The van der Waals surface area contributed by atoms with Crippen LogP contribution in [0.25, 0.3) is 0 Å². The molecule has 78 valence electrons. The lowest BCUT2D eigenvalue weighted by Crippen LogP contribution is -2.05. The molecule has 0 atom stereocenters. The van der Waals surface area contributed by atoms with Gasteiger partial charge in [-0.25, -0.2) is 0 Å². The Balaban J connectivity index is 2.02. The molecule has 4 nitrogen and oxygen atoms in total. The highest BCUT2D eigenvalue weighted by Crippen LogP contribution is 2.12. The zero-order valence-corrected chi connectivity index (χ0v) is 8.64. The third-order valence-corrected chi connectivity index (χ3v) is 2.28. The van der Waals surface area contributed by atoms with E-state index in [1.54, 1.807) is 6.20 Å². The second-order valence-electron chi connectivity index (χ2n) is 3.43. The van der Waals surface area contributed by atoms with Gasteiger partial charge in [0, 0.05) is 24.6 Å². The van der Waals surface area contributed by atoms with E-state index in [1.165, 1.54) is 0 Å². The van der Waals surface area contributed by atoms with Crippen molar-refractivity contribution in [2.24, 2.45) is 7.05 Å². The van der Waals surface area contributed by atoms with Crippen molar-refractivity contribution >= 4 is 11.4 Å². The molecule has 0 aliphatic rings. The van der Waals surface area contributed by atoms with Crippen LogP contribution in [0.4, 0.5) is 11.4 Å². The van der Waals surface area contributed by atoms with E-state index in [0.717, 1.165) is 23.6 Å². The first-order valence-electron chi connectivity index (χ1n) is 4.82. The Labute approximate surface area is 88.7 Å². The fourth-order valence-electron chi connectivity index (χ4n) is 1.42. The molecule has 15 heavy (non-hydrogen) atoms. The molecule has 4 heteroatoms. The molecule has 0 saturated heterocycles. The molecule has 1 aromatic heterocycles. The fraction of sp³-hybridized carbons (Fsp3) is 0.182. The number of anilines is 2. The summed E-state index contributed by atoms with van der Waals surface area (Å²) in [5.41, 5.74) is 8.61. The van der Waals surface area contributed by atoms with Gasteiger partial charge in [0.25, 0.3) is 0 Å². The van der Waals surface area contributed by atoms with Crippen molar-refractivity contribution in [2.75, 3.05) is 11.1 Å². The normalized spacial score (nSPS) is 10.2. The van der Waals surface area contributed by atoms with Gasteiger partial charge in [0.2, 0.25) is 0 Å². The number of aryl methyl sites for hydroxylation is 1. The van der Waals surface area contributed by atoms with Crippen molar-refractivity contribution in [3.8, 4) is 0 Å². The Kier molecular flexibility index (Phi) is 2.58. The molecule has 0 bridgehead atoms. The Hall–Kier alpha value is -1.97. The first-order chi connectivity index (χ1) is 7.25. The SMILES string of the molecule is Cn1nccc1CNc1cccc(N)c1. The second kappa shape index (κ2) is 4.04. The van der Waals surface area contributed by atoms with Gasteiger partial charge in [-0.3, -0.25) is 4.68 Å². The van der Waals surface area contributed by atoms with Crippen LogP contribution in [0.2, 0.25) is 0 Å². The number of hydrogen-bond acceptors (Lipinski definition) is 3. The molecule has 2 rings (SSSR count). The lowest BCUT2D eigenvalue weighted by Gasteiger charge is -2.06. The van der Waals surface area contributed by atoms with Gasteiger partial charge in [-0.05, 0) is 24.3 Å². The van der Waals surface area contributed by atoms with Crippen LogP contribution in [0, 0.1) is 0 Å². The average Bonchev–Trinajstić information content (AvgIpc) is 2.61. The molecule has 2 aromatic rings. The zero-order valence-electron chi connectivity index (χ0n) is 8.64. The van der Waals surface area contributed by atoms with E-state index < -0.39 is 0 Å². The van der Waals surface area contributed by atoms with E-state index in [9.17, 15) is 0 Å². The summed E-state index contributed by atoms with van der Waals surface area (Å²) in [6.07, 6.45) is 1.79. The highest BCUT2D eigenvalue weighted by Gasteiger charge is 1.98. The van der Waals surface area contributed by atoms with Gasteiger partial charge < -0.3 is 11.1 Å². The van der Waals surface area contributed by atoms with E-state index in [4.69, 9.17) is 5.73 Å². The van der Waals surface area contributed by atoms with E-state index in [2.05, 4.69) is 10.4 Å². The Bertz CT molecular complexity index is 447. The van der Waals surface area contributed by atoms with Crippen LogP contribution in [0.5, 0.6) is 0 Å². The maximum atomic E-state index is 5.68. The second-order valence-corrected chi connectivity index (χ2v) is 3.43. The van der Waals surface area contributed by atoms with Gasteiger partial charge in [0.05, 0.1) is 12.2 Å². The van der Waals surface area contributed by atoms with Crippen LogP contribution in [0.15, 0.2) is 36.5 Å². The number of aromatic nitrogens is 2. The fourth-order valence-corrected chi connectivity index (χ4v) is 1.42. The summed E-state index contributed by atoms with van der Waals surface area (Å²) in [5, 5.41) is 7.39. The van der Waals surface area contributed by atoms with Crippen LogP contribution in [-0.4, -0.2) is 9.78 Å². The molecule has 0 fully saturated rings. The number of nitrogens with two attached hydrogens (primary N) is 1. The number of nitrogen functional groups attached to an aromatic ring is 1. The summed E-state index contributed by atoms with van der Waals surface area (Å²) in [5.74, 6) is 0. The van der Waals surface area contributed by atoms with Crippen molar-refractivity contribution in [2.45, 2.75) is 6.54 Å². The van der Waals surface area contributed by atoms with E-state index in [-0.39, 0.29) is 0 Å². The minimum Gasteiger partial charge on any atom is -0.399 e. The molecule has 0 aliphatic carbocycles. The Morgan fingerprint density at radius 1 is 1.40 bits per heavy atom. The van der Waals surface area contributed by atoms with E-state index in [0.29, 0.717) is 0 Å². The van der Waals surface area contributed by atoms with E-state index >= 15 is 0 Å². The largest absolute Gasteiger partial charge is 0.399 e. The standard InChI is InChI=1S/C11H14N4/c1-15-11(5-6-14-15)8-13-10-4-2-3-9(12)7-10/h2-7,13H,8,12H2,1H3. The number of nitrogens with one attached hydrogen (secondary N) is 1. The smallest absolute Gasteiger partial charge is 0.0571 e. The Morgan fingerprint density at radius 2 is 2.27 bits per heavy atom. The third kappa shape index (κ3) is 2.28. The van der Waals surface area contributed by atoms with Gasteiger partial charge >= 0.3 is 0 Å². The third-order valence-electron chi connectivity index (χ3n) is 2.28. The van der Waals surface area contributed by atoms with Gasteiger partial charge in [-0.2, -0.15) is 5.10 Å². The Morgan fingerprint density at radius 3 is 2.93 bits per heavy atom. The number of rotatable bonds is 3. The van der Waals surface area contributed by atoms with Gasteiger partial charge in [-0.15, -0.1) is 0 Å². The molecule has 0 amide bonds. The summed E-state index contributed by atoms with van der Waals surface area (Å²) in [7, 11) is 1.93. The lowest BCUT2D eigenvalue weighted by molar-refractivity contribution is 0.720. The molecule has 0 spiro atoms. The average molecular weight is 202 g/mol. The first kappa shape index (κ1) is 9.58. The molecule has 0 radical (unpaired) electrons. The molecule has 0 saturated carbocycles. The van der Waals surface area contributed by atoms with Crippen LogP contribution >= 0.6 is 0 Å². The molecule has 1 aromatic carbocycles. The quantitative estimate of drug-likeness (QED) is 0.743. The highest BCUT2D eigenvalue weighted by molar-refractivity contribution is 5.54. The monoisotopic (exact) mass is 202 g/mol. The minimum absolute atomic E-state index is 0.750. The predicted octanol–water partition coefficient (Wildman–Crippen LogP) is 1.61. The summed E-state index contributed by atoms with van der Waals surface area (Å²) < 4.78 is 1.85. The van der Waals surface area contributed by atoms with Crippen LogP contribution in [0.1, 0.15) is 5.69 Å². The van der Waals surface area contributed by atoms with Gasteiger partial charge in [0.15, 0.2) is 0 Å². The molecule has 0 unspecified atom stereocenters. The van der Waals surface area contributed by atoms with Crippen LogP contribution in [0.3, 0.4) is 0 Å². The zero-order chi connectivity index (χ0) is 10.7. The number of nitrogens with zero attached hydrogens (tertiary/aromatic N) is 2. The molecular weight excluding hydrogens is 188 g/mol. The van der Waals surface area contributed by atoms with Crippen molar-refractivity contribution in [3.63, 3.8) is 0 Å². The minimum atomic E-state index is 0.750. The lowest BCUT2D eigenvalue weighted by atomic mass is 10.3. The van der Waals surface area contributed by atoms with Crippen molar-refractivity contribution in [3.05, 3.63) is 42.2 Å². The summed E-state index contributed by atoms with van der Waals surface area (Å²) in [4.78, 5) is 0. The topological polar surface area (TPSA) is 55.9 Å². The number of hydrogen-bond donors (Lipinski definition) is 2. The van der Waals surface area contributed by atoms with Crippen LogP contribution in [-0.2, 0) is 13.6 Å². The van der Waals surface area contributed by atoms with Crippen molar-refractivity contribution in [1.29, 1.82) is 0 Å². The van der Waals surface area contributed by atoms with Gasteiger partial charge in [-0.1, -0.05) is 6.07 Å². The predicted molar refractivity (Wildman–Crippen MR) is 61.4 cm³/mol. The molecule has 1 heterocycles. The number of benzene rings is 1. The summed E-state index contributed by atoms with van der Waals surface area (Å²) in [6.45, 7) is 0.750. The molecular formula is C11H14N4. The maximum Gasteiger partial charge on any atom is 0.0571 e. The summed E-state index contributed by atoms with van der Waals surface area (Å²) in [6, 6.07) is 9.69. The maximum absolute atomic E-state index is 5.68. The summed E-state index contributed by atoms with van der Waals surface area (Å²) >= 11 is 0. The van der Waals surface area contributed by atoms with Crippen molar-refractivity contribution < 1.29 is 0 Å². The molecule has 3 N–H and O–H groups in total.